The minimum absolute atomic E-state index is 0.111. The van der Waals surface area contributed by atoms with Crippen LogP contribution < -0.4 is 10.6 Å². The molecule has 0 heterocycles. The lowest BCUT2D eigenvalue weighted by molar-refractivity contribution is -0.155. The smallest absolute Gasteiger partial charge is 0.320 e. The van der Waals surface area contributed by atoms with E-state index >= 15 is 0 Å². The van der Waals surface area contributed by atoms with Crippen LogP contribution in [0.2, 0.25) is 0 Å². The van der Waals surface area contributed by atoms with Crippen LogP contribution in [0.15, 0.2) is 60.7 Å². The first-order chi connectivity index (χ1) is 18.0. The quantitative estimate of drug-likeness (QED) is 0.388. The van der Waals surface area contributed by atoms with Crippen molar-refractivity contribution in [3.8, 4) is 0 Å². The van der Waals surface area contributed by atoms with Gasteiger partial charge in [0.05, 0.1) is 12.6 Å². The molecule has 2 amide bonds. The Hall–Kier alpha value is -2.90. The molecule has 0 spiro atoms. The van der Waals surface area contributed by atoms with Gasteiger partial charge < -0.3 is 20.5 Å². The Bertz CT molecular complexity index is 975. The van der Waals surface area contributed by atoms with Crippen LogP contribution in [0, 0.1) is 5.92 Å². The molecule has 1 fully saturated rings. The third-order valence-electron chi connectivity index (χ3n) is 7.32. The van der Waals surface area contributed by atoms with Crippen molar-refractivity contribution in [3.63, 3.8) is 0 Å². The lowest BCUT2D eigenvalue weighted by Crippen LogP contribution is -2.54. The fourth-order valence-electron chi connectivity index (χ4n) is 5.25. The summed E-state index contributed by atoms with van der Waals surface area (Å²) in [5, 5.41) is 18.0. The van der Waals surface area contributed by atoms with Gasteiger partial charge in [0, 0.05) is 6.04 Å². The zero-order valence-electron chi connectivity index (χ0n) is 23.6. The van der Waals surface area contributed by atoms with Crippen LogP contribution in [-0.2, 0) is 15.1 Å². The van der Waals surface area contributed by atoms with Crippen molar-refractivity contribution in [1.29, 1.82) is 0 Å². The Balaban J connectivity index is 1.46. The number of carbonyl (C=O) groups is 2. The minimum atomic E-state index is -1.36. The van der Waals surface area contributed by atoms with E-state index in [1.165, 1.54) is 0 Å². The van der Waals surface area contributed by atoms with E-state index < -0.39 is 17.2 Å². The average Bonchev–Trinajstić information content (AvgIpc) is 2.87. The molecule has 3 rings (SSSR count). The maximum atomic E-state index is 12.9. The zero-order valence-corrected chi connectivity index (χ0v) is 23.6. The van der Waals surface area contributed by atoms with Crippen LogP contribution in [0.4, 0.5) is 4.79 Å². The van der Waals surface area contributed by atoms with Crippen LogP contribution in [0.3, 0.4) is 0 Å². The molecule has 208 valence electrons. The highest BCUT2D eigenvalue weighted by Crippen LogP contribution is 2.33. The largest absolute Gasteiger partial charge is 0.459 e. The summed E-state index contributed by atoms with van der Waals surface area (Å²) in [6, 6.07) is 18.2. The van der Waals surface area contributed by atoms with E-state index in [0.29, 0.717) is 12.5 Å². The molecule has 1 atom stereocenters. The maximum absolute atomic E-state index is 12.9. The van der Waals surface area contributed by atoms with E-state index in [1.54, 1.807) is 0 Å². The lowest BCUT2D eigenvalue weighted by atomic mass is 9.81. The van der Waals surface area contributed by atoms with Gasteiger partial charge in [0.2, 0.25) is 0 Å². The van der Waals surface area contributed by atoms with Crippen LogP contribution >= 0.6 is 0 Å². The topological polar surface area (TPSA) is 90.9 Å². The fraction of sp³-hybridized carbons (Fsp3) is 0.548. The maximum Gasteiger partial charge on any atom is 0.320 e. The summed E-state index contributed by atoms with van der Waals surface area (Å²) < 4.78 is 5.41. The van der Waals surface area contributed by atoms with Crippen molar-refractivity contribution < 1.29 is 19.4 Å². The first kappa shape index (κ1) is 29.7. The van der Waals surface area contributed by atoms with E-state index in [-0.39, 0.29) is 18.0 Å². The number of aliphatic hydroxyl groups is 1. The Morgan fingerprint density at radius 1 is 0.974 bits per heavy atom. The number of esters is 1. The molecular weight excluding hydrogens is 478 g/mol. The monoisotopic (exact) mass is 523 g/mol. The summed E-state index contributed by atoms with van der Waals surface area (Å²) in [6.07, 6.45) is 4.95. The molecule has 0 bridgehead atoms. The molecule has 7 nitrogen and oxygen atoms in total. The number of rotatable bonds is 10. The minimum Gasteiger partial charge on any atom is -0.459 e. The number of carbonyl (C=O) groups excluding carboxylic acids is 2. The zero-order chi connectivity index (χ0) is 27.8. The normalized spacial score (nSPS) is 19.0. The second kappa shape index (κ2) is 13.3. The highest BCUT2D eigenvalue weighted by molar-refractivity contribution is 5.75. The molecule has 0 aromatic heterocycles. The highest BCUT2D eigenvalue weighted by atomic mass is 16.6. The van der Waals surface area contributed by atoms with Crippen LogP contribution in [0.5, 0.6) is 0 Å². The number of nitrogens with zero attached hydrogens (tertiary/aromatic N) is 1. The molecule has 1 aliphatic rings. The second-order valence-electron chi connectivity index (χ2n) is 11.7. The van der Waals surface area contributed by atoms with Gasteiger partial charge in [0.1, 0.15) is 11.2 Å². The number of ether oxygens (including phenoxy) is 1. The molecule has 0 unspecified atom stereocenters. The van der Waals surface area contributed by atoms with Crippen LogP contribution in [0.25, 0.3) is 0 Å². The van der Waals surface area contributed by atoms with Crippen LogP contribution in [0.1, 0.15) is 70.9 Å². The van der Waals surface area contributed by atoms with Gasteiger partial charge in [-0.3, -0.25) is 9.69 Å². The molecule has 0 saturated heterocycles. The Labute approximate surface area is 228 Å². The first-order valence-electron chi connectivity index (χ1n) is 13.8. The number of urea groups is 1. The molecule has 7 heteroatoms. The van der Waals surface area contributed by atoms with Gasteiger partial charge in [-0.05, 0) is 90.4 Å². The summed E-state index contributed by atoms with van der Waals surface area (Å²) in [5.74, 6) is 0.386. The van der Waals surface area contributed by atoms with Gasteiger partial charge >= 0.3 is 12.0 Å². The van der Waals surface area contributed by atoms with Crippen molar-refractivity contribution in [3.05, 3.63) is 71.8 Å². The Kier molecular flexibility index (Phi) is 10.3. The third-order valence-corrected chi connectivity index (χ3v) is 7.32. The number of likely N-dealkylation sites (N-methyl/N-ethyl adjacent to an activating group) is 1. The average molecular weight is 524 g/mol. The first-order valence-corrected chi connectivity index (χ1v) is 13.8. The number of nitrogens with one attached hydrogen (secondary N) is 2. The van der Waals surface area contributed by atoms with E-state index in [1.807, 2.05) is 100 Å². The number of amides is 2. The van der Waals surface area contributed by atoms with Crippen LogP contribution in [-0.4, -0.2) is 59.8 Å². The summed E-state index contributed by atoms with van der Waals surface area (Å²) in [4.78, 5) is 27.0. The molecule has 38 heavy (non-hydrogen) atoms. The molecule has 3 N–H and O–H groups in total. The van der Waals surface area contributed by atoms with E-state index in [4.69, 9.17) is 4.74 Å². The second-order valence-corrected chi connectivity index (χ2v) is 11.7. The predicted molar refractivity (Wildman–Crippen MR) is 151 cm³/mol. The van der Waals surface area contributed by atoms with Crippen molar-refractivity contribution >= 4 is 12.0 Å². The lowest BCUT2D eigenvalue weighted by Gasteiger charge is -2.36. The van der Waals surface area contributed by atoms with Crippen molar-refractivity contribution in [2.45, 2.75) is 83.1 Å². The number of hydrogen-bond acceptors (Lipinski definition) is 5. The molecule has 2 aromatic carbocycles. The summed E-state index contributed by atoms with van der Waals surface area (Å²) >= 11 is 0. The number of hydrogen-bond donors (Lipinski definition) is 3. The van der Waals surface area contributed by atoms with Gasteiger partial charge in [-0.1, -0.05) is 60.7 Å². The third kappa shape index (κ3) is 8.57. The highest BCUT2D eigenvalue weighted by Gasteiger charge is 2.38. The summed E-state index contributed by atoms with van der Waals surface area (Å²) in [7, 11) is 1.95. The predicted octanol–water partition coefficient (Wildman–Crippen LogP) is 4.83. The molecular formula is C31H45N3O4. The van der Waals surface area contributed by atoms with Gasteiger partial charge in [-0.2, -0.15) is 0 Å². The fourth-order valence-corrected chi connectivity index (χ4v) is 5.25. The molecule has 1 saturated carbocycles. The van der Waals surface area contributed by atoms with Crippen molar-refractivity contribution in [2.24, 2.45) is 5.92 Å². The molecule has 0 radical (unpaired) electrons. The molecule has 1 aliphatic carbocycles. The summed E-state index contributed by atoms with van der Waals surface area (Å²) in [6.45, 7) is 8.62. The van der Waals surface area contributed by atoms with Gasteiger partial charge in [-0.15, -0.1) is 0 Å². The Morgan fingerprint density at radius 2 is 1.50 bits per heavy atom. The van der Waals surface area contributed by atoms with Gasteiger partial charge in [0.15, 0.2) is 0 Å². The van der Waals surface area contributed by atoms with Gasteiger partial charge in [-0.25, -0.2) is 4.79 Å². The van der Waals surface area contributed by atoms with E-state index in [0.717, 1.165) is 49.8 Å². The molecule has 2 aromatic rings. The Morgan fingerprint density at radius 3 is 2.00 bits per heavy atom. The van der Waals surface area contributed by atoms with Crippen molar-refractivity contribution in [1.82, 2.24) is 15.5 Å². The standard InChI is InChI=1S/C31H45N3O4/c1-23(31(37,25-12-8-6-9-13-25)26-14-10-7-11-15-26)32-29(36)33-27-18-16-24(17-19-27)20-21-34(5)22-28(35)38-30(2,3)4/h6-15,23-24,27,37H,16-22H2,1-5H3,(H2,32,33,36)/t23-,24?,27?/m1/s1. The van der Waals surface area contributed by atoms with Gasteiger partial charge in [0.25, 0.3) is 0 Å². The molecule has 0 aliphatic heterocycles. The van der Waals surface area contributed by atoms with E-state index in [9.17, 15) is 14.7 Å². The van der Waals surface area contributed by atoms with E-state index in [2.05, 4.69) is 10.6 Å². The van der Waals surface area contributed by atoms with Crippen molar-refractivity contribution in [2.75, 3.05) is 20.1 Å². The SMILES string of the molecule is C[C@@H](NC(=O)NC1CCC(CCN(C)CC(=O)OC(C)(C)C)CC1)C(O)(c1ccccc1)c1ccccc1. The number of benzene rings is 2. The summed E-state index contributed by atoms with van der Waals surface area (Å²) in [5.41, 5.74) is -0.356.